The maximum absolute atomic E-state index is 13.0. The molecule has 0 saturated heterocycles. The summed E-state index contributed by atoms with van der Waals surface area (Å²) in [7, 11) is 0. The number of carbonyl (C=O) groups is 1. The van der Waals surface area contributed by atoms with Crippen LogP contribution in [0.2, 0.25) is 0 Å². The Morgan fingerprint density at radius 3 is 2.55 bits per heavy atom. The molecule has 0 aliphatic heterocycles. The van der Waals surface area contributed by atoms with Gasteiger partial charge in [0.2, 0.25) is 0 Å². The van der Waals surface area contributed by atoms with E-state index in [1.165, 1.54) is 12.1 Å². The summed E-state index contributed by atoms with van der Waals surface area (Å²) in [6, 6.07) is 18.7. The van der Waals surface area contributed by atoms with Crippen LogP contribution in [0.15, 0.2) is 84.2 Å². The van der Waals surface area contributed by atoms with Gasteiger partial charge in [0.15, 0.2) is 0 Å². The van der Waals surface area contributed by atoms with E-state index in [4.69, 9.17) is 0 Å². The molecule has 152 valence electrons. The van der Waals surface area contributed by atoms with Gasteiger partial charge < -0.3 is 0 Å². The molecule has 0 bridgehead atoms. The quantitative estimate of drug-likeness (QED) is 0.298. The third kappa shape index (κ3) is 4.27. The summed E-state index contributed by atoms with van der Waals surface area (Å²) in [5, 5.41) is 15.7. The van der Waals surface area contributed by atoms with E-state index in [0.717, 1.165) is 5.56 Å². The zero-order valence-corrected chi connectivity index (χ0v) is 16.5. The molecule has 2 aromatic carbocycles. The molecule has 0 aliphatic carbocycles. The fourth-order valence-corrected chi connectivity index (χ4v) is 3.11. The fourth-order valence-electron chi connectivity index (χ4n) is 3.11. The van der Waals surface area contributed by atoms with Crippen LogP contribution >= 0.6 is 0 Å². The summed E-state index contributed by atoms with van der Waals surface area (Å²) >= 11 is 0. The molecule has 8 nitrogen and oxygen atoms in total. The second kappa shape index (κ2) is 8.50. The molecule has 0 saturated carbocycles. The molecule has 0 unspecified atom stereocenters. The van der Waals surface area contributed by atoms with Crippen LogP contribution in [-0.2, 0) is 0 Å². The average Bonchev–Trinajstić information content (AvgIpc) is 2.82. The maximum atomic E-state index is 13.0. The molecule has 2 heterocycles. The number of nitro benzene ring substituents is 1. The van der Waals surface area contributed by atoms with E-state index in [9.17, 15) is 14.9 Å². The Balaban J connectivity index is 1.65. The second-order valence-electron chi connectivity index (χ2n) is 6.76. The van der Waals surface area contributed by atoms with Gasteiger partial charge in [-0.2, -0.15) is 5.10 Å². The molecule has 4 rings (SSSR count). The summed E-state index contributed by atoms with van der Waals surface area (Å²) in [4.78, 5) is 32.1. The largest absolute Gasteiger partial charge is 0.272 e. The normalized spacial score (nSPS) is 11.3. The zero-order chi connectivity index (χ0) is 21.8. The number of hydrazone groups is 1. The topological polar surface area (TPSA) is 110 Å². The predicted molar refractivity (Wildman–Crippen MR) is 118 cm³/mol. The highest BCUT2D eigenvalue weighted by molar-refractivity contribution is 6.08. The Kier molecular flexibility index (Phi) is 5.44. The Bertz CT molecular complexity index is 1300. The number of hydrogen-bond acceptors (Lipinski definition) is 6. The SMILES string of the molecule is CC(=NNC(=O)c1cc(-c2cccnc2)nc2ccccc12)c1ccc([N+](=O)[O-])cc1. The molecular weight excluding hydrogens is 394 g/mol. The van der Waals surface area contributed by atoms with Gasteiger partial charge in [0.05, 0.1) is 27.4 Å². The summed E-state index contributed by atoms with van der Waals surface area (Å²) < 4.78 is 0. The van der Waals surface area contributed by atoms with Crippen LogP contribution in [-0.4, -0.2) is 26.5 Å². The van der Waals surface area contributed by atoms with Crippen LogP contribution in [0, 0.1) is 10.1 Å². The number of amides is 1. The lowest BCUT2D eigenvalue weighted by Gasteiger charge is -2.09. The minimum Gasteiger partial charge on any atom is -0.267 e. The fraction of sp³-hybridized carbons (Fsp3) is 0.0435. The van der Waals surface area contributed by atoms with Crippen molar-refractivity contribution in [3.05, 3.63) is 100 Å². The van der Waals surface area contributed by atoms with E-state index < -0.39 is 4.92 Å². The van der Waals surface area contributed by atoms with E-state index in [-0.39, 0.29) is 11.6 Å². The first kappa shape index (κ1) is 19.8. The van der Waals surface area contributed by atoms with Crippen molar-refractivity contribution < 1.29 is 9.72 Å². The van der Waals surface area contributed by atoms with Gasteiger partial charge in [-0.1, -0.05) is 18.2 Å². The molecule has 1 amide bonds. The zero-order valence-electron chi connectivity index (χ0n) is 16.5. The van der Waals surface area contributed by atoms with E-state index >= 15 is 0 Å². The van der Waals surface area contributed by atoms with E-state index in [0.29, 0.717) is 33.4 Å². The van der Waals surface area contributed by atoms with Crippen LogP contribution in [0.5, 0.6) is 0 Å². The van der Waals surface area contributed by atoms with Crippen molar-refractivity contribution in [1.29, 1.82) is 0 Å². The Labute approximate surface area is 177 Å². The van der Waals surface area contributed by atoms with Gasteiger partial charge >= 0.3 is 0 Å². The van der Waals surface area contributed by atoms with Crippen LogP contribution in [0.1, 0.15) is 22.8 Å². The first-order valence-corrected chi connectivity index (χ1v) is 9.42. The van der Waals surface area contributed by atoms with Crippen molar-refractivity contribution >= 4 is 28.2 Å². The molecule has 4 aromatic rings. The number of hydrogen-bond donors (Lipinski definition) is 1. The van der Waals surface area contributed by atoms with E-state index in [2.05, 4.69) is 20.5 Å². The number of carbonyl (C=O) groups excluding carboxylic acids is 1. The van der Waals surface area contributed by atoms with Crippen LogP contribution in [0.4, 0.5) is 5.69 Å². The van der Waals surface area contributed by atoms with Crippen LogP contribution < -0.4 is 5.43 Å². The van der Waals surface area contributed by atoms with E-state index in [1.807, 2.05) is 36.4 Å². The monoisotopic (exact) mass is 411 g/mol. The van der Waals surface area contributed by atoms with Gasteiger partial charge in [0, 0.05) is 35.5 Å². The first-order valence-electron chi connectivity index (χ1n) is 9.42. The Hall–Kier alpha value is -4.46. The van der Waals surface area contributed by atoms with Crippen LogP contribution in [0.3, 0.4) is 0 Å². The number of aromatic nitrogens is 2. The summed E-state index contributed by atoms with van der Waals surface area (Å²) in [6.45, 7) is 1.72. The number of nitrogens with one attached hydrogen (secondary N) is 1. The number of benzene rings is 2. The number of pyridine rings is 2. The van der Waals surface area contributed by atoms with Gasteiger partial charge in [0.1, 0.15) is 0 Å². The Morgan fingerprint density at radius 2 is 1.84 bits per heavy atom. The lowest BCUT2D eigenvalue weighted by atomic mass is 10.0. The maximum Gasteiger partial charge on any atom is 0.272 e. The average molecular weight is 411 g/mol. The second-order valence-corrected chi connectivity index (χ2v) is 6.76. The number of non-ortho nitro benzene ring substituents is 1. The van der Waals surface area contributed by atoms with Gasteiger partial charge in [0.25, 0.3) is 11.6 Å². The molecule has 0 aliphatic rings. The molecule has 2 aromatic heterocycles. The van der Waals surface area contributed by atoms with Gasteiger partial charge in [-0.25, -0.2) is 10.4 Å². The number of nitro groups is 1. The number of nitrogens with zero attached hydrogens (tertiary/aromatic N) is 4. The lowest BCUT2D eigenvalue weighted by Crippen LogP contribution is -2.20. The van der Waals surface area contributed by atoms with Crippen molar-refractivity contribution in [1.82, 2.24) is 15.4 Å². The third-order valence-electron chi connectivity index (χ3n) is 4.74. The number of rotatable bonds is 5. The summed E-state index contributed by atoms with van der Waals surface area (Å²) in [5.74, 6) is -0.384. The van der Waals surface area contributed by atoms with Gasteiger partial charge in [-0.05, 0) is 48.9 Å². The molecule has 31 heavy (non-hydrogen) atoms. The summed E-state index contributed by atoms with van der Waals surface area (Å²) in [6.07, 6.45) is 3.36. The lowest BCUT2D eigenvalue weighted by molar-refractivity contribution is -0.384. The van der Waals surface area contributed by atoms with Crippen molar-refractivity contribution in [3.8, 4) is 11.3 Å². The molecule has 0 atom stereocenters. The standard InChI is InChI=1S/C23H17N5O3/c1-15(16-8-10-18(11-9-16)28(30)31)26-27-23(29)20-13-22(17-5-4-12-24-14-17)25-21-7-3-2-6-19(20)21/h2-14H,1H3,(H,27,29). The molecule has 8 heteroatoms. The minimum absolute atomic E-state index is 0.00762. The number of para-hydroxylation sites is 1. The molecule has 0 radical (unpaired) electrons. The van der Waals surface area contributed by atoms with Crippen molar-refractivity contribution in [2.45, 2.75) is 6.92 Å². The highest BCUT2D eigenvalue weighted by Crippen LogP contribution is 2.24. The van der Waals surface area contributed by atoms with Gasteiger partial charge in [-0.3, -0.25) is 19.9 Å². The van der Waals surface area contributed by atoms with Crippen molar-refractivity contribution in [3.63, 3.8) is 0 Å². The summed E-state index contributed by atoms with van der Waals surface area (Å²) in [5.41, 5.74) is 6.31. The third-order valence-corrected chi connectivity index (χ3v) is 4.74. The smallest absolute Gasteiger partial charge is 0.267 e. The van der Waals surface area contributed by atoms with Gasteiger partial charge in [-0.15, -0.1) is 0 Å². The molecule has 1 N–H and O–H groups in total. The number of fused-ring (bicyclic) bond motifs is 1. The first-order chi connectivity index (χ1) is 15.0. The van der Waals surface area contributed by atoms with Crippen molar-refractivity contribution in [2.24, 2.45) is 5.10 Å². The molecule has 0 fully saturated rings. The Morgan fingerprint density at radius 1 is 1.06 bits per heavy atom. The van der Waals surface area contributed by atoms with Crippen LogP contribution in [0.25, 0.3) is 22.2 Å². The predicted octanol–water partition coefficient (Wildman–Crippen LogP) is 4.36. The molecular formula is C23H17N5O3. The van der Waals surface area contributed by atoms with Crippen molar-refractivity contribution in [2.75, 3.05) is 0 Å². The minimum atomic E-state index is -0.466. The highest BCUT2D eigenvalue weighted by atomic mass is 16.6. The molecule has 0 spiro atoms. The highest BCUT2D eigenvalue weighted by Gasteiger charge is 2.14. The van der Waals surface area contributed by atoms with E-state index in [1.54, 1.807) is 37.5 Å².